The molecule has 3 nitrogen and oxygen atoms in total. The number of rotatable bonds is 1. The van der Waals surface area contributed by atoms with Gasteiger partial charge in [-0.1, -0.05) is 6.08 Å². The lowest BCUT2D eigenvalue weighted by Gasteiger charge is -2.39. The number of alkyl halides is 3. The van der Waals surface area contributed by atoms with E-state index in [0.29, 0.717) is 13.0 Å². The molecule has 0 N–H and O–H groups in total. The van der Waals surface area contributed by atoms with Gasteiger partial charge in [-0.2, -0.15) is 13.2 Å². The van der Waals surface area contributed by atoms with Gasteiger partial charge in [-0.05, 0) is 27.2 Å². The van der Waals surface area contributed by atoms with Gasteiger partial charge in [0.2, 0.25) is 0 Å². The average Bonchev–Trinajstić information content (AvgIpc) is 1.94. The van der Waals surface area contributed by atoms with E-state index in [1.807, 2.05) is 0 Å². The van der Waals surface area contributed by atoms with E-state index in [0.717, 1.165) is 6.08 Å². The molecule has 1 rings (SSSR count). The van der Waals surface area contributed by atoms with Crippen molar-refractivity contribution in [3.05, 3.63) is 12.2 Å². The monoisotopic (exact) mass is 251 g/mol. The number of ether oxygens (including phenoxy) is 1. The van der Waals surface area contributed by atoms with E-state index in [1.54, 1.807) is 20.8 Å². The molecule has 1 unspecified atom stereocenters. The lowest BCUT2D eigenvalue weighted by atomic mass is 10.0. The molecule has 1 atom stereocenters. The van der Waals surface area contributed by atoms with Crippen molar-refractivity contribution in [1.82, 2.24) is 4.90 Å². The topological polar surface area (TPSA) is 29.5 Å². The van der Waals surface area contributed by atoms with Gasteiger partial charge in [-0.15, -0.1) is 0 Å². The summed E-state index contributed by atoms with van der Waals surface area (Å²) in [5.41, 5.74) is -0.634. The first kappa shape index (κ1) is 13.9. The van der Waals surface area contributed by atoms with Crippen molar-refractivity contribution in [2.24, 2.45) is 0 Å². The molecule has 1 fully saturated rings. The molecule has 1 heterocycles. The quantitative estimate of drug-likeness (QED) is 0.670. The second kappa shape index (κ2) is 4.58. The number of halogens is 3. The van der Waals surface area contributed by atoms with Crippen molar-refractivity contribution in [2.45, 2.75) is 45.0 Å². The van der Waals surface area contributed by atoms with Crippen molar-refractivity contribution in [1.29, 1.82) is 0 Å². The smallest absolute Gasteiger partial charge is 0.410 e. The lowest BCUT2D eigenvalue weighted by Crippen LogP contribution is -2.51. The molecule has 6 heteroatoms. The highest BCUT2D eigenvalue weighted by molar-refractivity contribution is 5.70. The van der Waals surface area contributed by atoms with E-state index in [4.69, 9.17) is 4.74 Å². The Labute approximate surface area is 98.2 Å². The zero-order valence-corrected chi connectivity index (χ0v) is 10.0. The van der Waals surface area contributed by atoms with Crippen LogP contribution in [0.15, 0.2) is 12.2 Å². The van der Waals surface area contributed by atoms with Crippen LogP contribution < -0.4 is 0 Å². The van der Waals surface area contributed by atoms with Gasteiger partial charge < -0.3 is 9.64 Å². The molecule has 1 saturated heterocycles. The highest BCUT2D eigenvalue weighted by Gasteiger charge is 2.34. The fraction of sp³-hybridized carbons (Fsp3) is 0.727. The van der Waals surface area contributed by atoms with Crippen molar-refractivity contribution < 1.29 is 22.7 Å². The summed E-state index contributed by atoms with van der Waals surface area (Å²) in [4.78, 5) is 12.8. The first-order chi connectivity index (χ1) is 7.58. The maximum Gasteiger partial charge on any atom is 0.410 e. The fourth-order valence-corrected chi connectivity index (χ4v) is 1.37. The van der Waals surface area contributed by atoms with E-state index >= 15 is 0 Å². The summed E-state index contributed by atoms with van der Waals surface area (Å²) in [6.07, 6.45) is -3.22. The first-order valence-electron chi connectivity index (χ1n) is 5.34. The Balaban J connectivity index is 2.52. The number of hydrogen-bond acceptors (Lipinski definition) is 2. The molecule has 17 heavy (non-hydrogen) atoms. The van der Waals surface area contributed by atoms with Crippen LogP contribution >= 0.6 is 0 Å². The number of carbonyl (C=O) groups is 1. The Bertz CT molecular complexity index is 318. The minimum Gasteiger partial charge on any atom is -0.444 e. The number of nitrogens with zero attached hydrogens (tertiary/aromatic N) is 1. The molecule has 0 spiro atoms. The normalized spacial score (nSPS) is 21.5. The Morgan fingerprint density at radius 2 is 1.94 bits per heavy atom. The summed E-state index contributed by atoms with van der Waals surface area (Å²) < 4.78 is 40.9. The van der Waals surface area contributed by atoms with Gasteiger partial charge in [0.1, 0.15) is 5.60 Å². The maximum absolute atomic E-state index is 12.0. The van der Waals surface area contributed by atoms with Crippen LogP contribution in [0.4, 0.5) is 18.0 Å². The molecule has 0 aromatic rings. The minimum absolute atomic E-state index is 0.161. The number of carbonyl (C=O) groups excluding carboxylic acids is 1. The Hall–Kier alpha value is -1.20. The molecular formula is C11H16F3NO2. The van der Waals surface area contributed by atoms with Crippen molar-refractivity contribution in [3.8, 4) is 0 Å². The largest absolute Gasteiger partial charge is 0.444 e. The Morgan fingerprint density at radius 1 is 1.35 bits per heavy atom. The van der Waals surface area contributed by atoms with Crippen LogP contribution in [0.3, 0.4) is 0 Å². The molecule has 0 aromatic heterocycles. The maximum atomic E-state index is 12.0. The molecular weight excluding hydrogens is 235 g/mol. The zero-order chi connectivity index (χ0) is 13.3. The highest BCUT2D eigenvalue weighted by atomic mass is 19.4. The van der Waals surface area contributed by atoms with Crippen molar-refractivity contribution in [2.75, 3.05) is 6.54 Å². The third-order valence-electron chi connectivity index (χ3n) is 2.20. The highest BCUT2D eigenvalue weighted by Crippen LogP contribution is 2.24. The van der Waals surface area contributed by atoms with Crippen LogP contribution in [0.1, 0.15) is 27.2 Å². The molecule has 0 bridgehead atoms. The summed E-state index contributed by atoms with van der Waals surface area (Å²) in [7, 11) is 0. The molecule has 0 aromatic carbocycles. The van der Waals surface area contributed by atoms with Crippen LogP contribution in [0.5, 0.6) is 0 Å². The van der Waals surface area contributed by atoms with Crippen molar-refractivity contribution in [3.63, 3.8) is 0 Å². The third kappa shape index (κ3) is 4.66. The molecule has 0 radical (unpaired) electrons. The lowest BCUT2D eigenvalue weighted by molar-refractivity contribution is -0.0808. The van der Waals surface area contributed by atoms with E-state index in [2.05, 4.69) is 0 Å². The summed E-state index contributed by atoms with van der Waals surface area (Å²) >= 11 is 0. The standard InChI is InChI=1S/C11H16F3NO2/c1-10(2,3)17-9(16)15-7-5-8(15)4-6-11(12,13)14/h4,6,8H,5,7H2,1-3H3/b6-4+. The summed E-state index contributed by atoms with van der Waals surface area (Å²) in [6.45, 7) is 5.57. The van der Waals surface area contributed by atoms with Gasteiger partial charge in [0.25, 0.3) is 0 Å². The van der Waals surface area contributed by atoms with Crippen LogP contribution in [0.25, 0.3) is 0 Å². The van der Waals surface area contributed by atoms with E-state index in [1.165, 1.54) is 4.90 Å². The van der Waals surface area contributed by atoms with Gasteiger partial charge in [0.05, 0.1) is 6.04 Å². The molecule has 1 aliphatic heterocycles. The fourth-order valence-electron chi connectivity index (χ4n) is 1.37. The van der Waals surface area contributed by atoms with Gasteiger partial charge in [0.15, 0.2) is 0 Å². The Morgan fingerprint density at radius 3 is 2.29 bits per heavy atom. The molecule has 0 saturated carbocycles. The molecule has 1 aliphatic rings. The Kier molecular flexibility index (Phi) is 3.74. The number of likely N-dealkylation sites (tertiary alicyclic amines) is 1. The van der Waals surface area contributed by atoms with Gasteiger partial charge in [0, 0.05) is 12.6 Å². The second-order valence-electron chi connectivity index (χ2n) is 4.93. The molecule has 98 valence electrons. The average molecular weight is 251 g/mol. The van der Waals surface area contributed by atoms with Crippen molar-refractivity contribution >= 4 is 6.09 Å². The summed E-state index contributed by atoms with van der Waals surface area (Å²) in [5.74, 6) is 0. The van der Waals surface area contributed by atoms with Crippen LogP contribution in [-0.4, -0.2) is 35.4 Å². The first-order valence-corrected chi connectivity index (χ1v) is 5.34. The summed E-state index contributed by atoms with van der Waals surface area (Å²) in [6, 6.07) is -0.508. The number of allylic oxidation sites excluding steroid dienone is 1. The number of hydrogen-bond donors (Lipinski definition) is 0. The van der Waals surface area contributed by atoms with Gasteiger partial charge >= 0.3 is 12.3 Å². The van der Waals surface area contributed by atoms with E-state index in [9.17, 15) is 18.0 Å². The predicted molar refractivity (Wildman–Crippen MR) is 56.5 cm³/mol. The van der Waals surface area contributed by atoms with Crippen LogP contribution in [-0.2, 0) is 4.74 Å². The minimum atomic E-state index is -4.34. The van der Waals surface area contributed by atoms with Crippen LogP contribution in [0, 0.1) is 0 Å². The summed E-state index contributed by atoms with van der Waals surface area (Å²) in [5, 5.41) is 0. The zero-order valence-electron chi connectivity index (χ0n) is 10.0. The van der Waals surface area contributed by atoms with Gasteiger partial charge in [-0.3, -0.25) is 0 Å². The third-order valence-corrected chi connectivity index (χ3v) is 2.20. The number of amides is 1. The van der Waals surface area contributed by atoms with E-state index in [-0.39, 0.29) is 6.08 Å². The molecule has 1 amide bonds. The predicted octanol–water partition coefficient (Wildman–Crippen LogP) is 3.11. The van der Waals surface area contributed by atoms with Crippen LogP contribution in [0.2, 0.25) is 0 Å². The second-order valence-corrected chi connectivity index (χ2v) is 4.93. The SMILES string of the molecule is CC(C)(C)OC(=O)N1CCC1/C=C/C(F)(F)F. The van der Waals surface area contributed by atoms with Gasteiger partial charge in [-0.25, -0.2) is 4.79 Å². The van der Waals surface area contributed by atoms with E-state index < -0.39 is 23.9 Å². The molecule has 0 aliphatic carbocycles.